The van der Waals surface area contributed by atoms with Gasteiger partial charge in [-0.2, -0.15) is 0 Å². The lowest BCUT2D eigenvalue weighted by molar-refractivity contribution is -0.189. The van der Waals surface area contributed by atoms with Gasteiger partial charge in [-0.3, -0.25) is 0 Å². The van der Waals surface area contributed by atoms with Crippen LogP contribution in [0.2, 0.25) is 0 Å². The first kappa shape index (κ1) is 24.2. The average molecular weight is 504 g/mol. The summed E-state index contributed by atoms with van der Waals surface area (Å²) in [5.74, 6) is 3.31. The summed E-state index contributed by atoms with van der Waals surface area (Å²) in [5, 5.41) is 0. The van der Waals surface area contributed by atoms with Crippen molar-refractivity contribution in [3.8, 4) is 0 Å². The maximum absolute atomic E-state index is 12.9. The third-order valence-electron chi connectivity index (χ3n) is 8.82. The highest BCUT2D eigenvalue weighted by atomic mass is 32.2. The number of hydrogen-bond acceptors (Lipinski definition) is 3. The number of rotatable bonds is 7. The van der Waals surface area contributed by atoms with Gasteiger partial charge >= 0.3 is 5.97 Å². The molecule has 1 aromatic rings. The fourth-order valence-corrected chi connectivity index (χ4v) is 10.4. The standard InChI is InChI=1S/C32H39O3S/c1-22-13-29(36(27-9-5-3-6-10-27)28-11-7-4-8-12-28)14-23(2)31(22)34-21-30(33)35-32-18-24-15-25(19-32)17-26(16-24)20-32/h3,5-7,9-13,23-26H,4,8,14-21H2,1-2H3/q+1. The summed E-state index contributed by atoms with van der Waals surface area (Å²) in [6.45, 7) is 4.39. The first-order chi connectivity index (χ1) is 17.5. The number of allylic oxidation sites excluding steroid dienone is 7. The second-order valence-corrected chi connectivity index (χ2v) is 13.9. The smallest absolute Gasteiger partial charge is 0.344 e. The van der Waals surface area contributed by atoms with E-state index in [9.17, 15) is 4.79 Å². The van der Waals surface area contributed by atoms with Gasteiger partial charge in [0.2, 0.25) is 0 Å². The Morgan fingerprint density at radius 2 is 1.72 bits per heavy atom. The topological polar surface area (TPSA) is 35.5 Å². The molecule has 0 aliphatic heterocycles. The molecule has 3 nitrogen and oxygen atoms in total. The lowest BCUT2D eigenvalue weighted by atomic mass is 9.54. The molecule has 6 aliphatic carbocycles. The van der Waals surface area contributed by atoms with Gasteiger partial charge in [0.15, 0.2) is 16.4 Å². The SMILES string of the molecule is CC1=C(OCC(=O)OC23CC4CC(CC(C4)C2)C3)C(C)CC([S+](C2=CCCC=C2)c2ccccc2)=C1. The molecule has 190 valence electrons. The van der Waals surface area contributed by atoms with E-state index >= 15 is 0 Å². The van der Waals surface area contributed by atoms with Gasteiger partial charge in [0.05, 0.1) is 10.9 Å². The zero-order valence-corrected chi connectivity index (χ0v) is 22.5. The van der Waals surface area contributed by atoms with Crippen molar-refractivity contribution in [1.82, 2.24) is 0 Å². The molecular weight excluding hydrogens is 464 g/mol. The van der Waals surface area contributed by atoms with Crippen molar-refractivity contribution in [2.75, 3.05) is 6.61 Å². The van der Waals surface area contributed by atoms with Gasteiger partial charge in [-0.1, -0.05) is 31.2 Å². The van der Waals surface area contributed by atoms with Crippen molar-refractivity contribution < 1.29 is 14.3 Å². The highest BCUT2D eigenvalue weighted by molar-refractivity contribution is 8.04. The molecule has 2 atom stereocenters. The molecule has 36 heavy (non-hydrogen) atoms. The largest absolute Gasteiger partial charge is 0.486 e. The number of carbonyl (C=O) groups is 1. The Bertz CT molecular complexity index is 1090. The summed E-state index contributed by atoms with van der Waals surface area (Å²) in [4.78, 5) is 17.2. The van der Waals surface area contributed by atoms with E-state index in [1.165, 1.54) is 34.0 Å². The Morgan fingerprint density at radius 1 is 1.03 bits per heavy atom. The van der Waals surface area contributed by atoms with E-state index in [2.05, 4.69) is 68.5 Å². The second kappa shape index (κ2) is 9.93. The molecule has 4 heteroatoms. The van der Waals surface area contributed by atoms with Crippen LogP contribution in [0, 0.1) is 23.7 Å². The second-order valence-electron chi connectivity index (χ2n) is 11.8. The molecule has 6 aliphatic rings. The normalized spacial score (nSPS) is 33.7. The average Bonchev–Trinajstić information content (AvgIpc) is 2.84. The molecule has 0 N–H and O–H groups in total. The third-order valence-corrected chi connectivity index (χ3v) is 11.1. The number of benzene rings is 1. The van der Waals surface area contributed by atoms with Crippen molar-refractivity contribution in [2.45, 2.75) is 82.1 Å². The van der Waals surface area contributed by atoms with Gasteiger partial charge in [0, 0.05) is 12.3 Å². The third kappa shape index (κ3) is 4.86. The zero-order chi connectivity index (χ0) is 24.7. The minimum Gasteiger partial charge on any atom is -0.486 e. The van der Waals surface area contributed by atoms with Crippen molar-refractivity contribution in [3.05, 3.63) is 75.8 Å². The van der Waals surface area contributed by atoms with Crippen LogP contribution >= 0.6 is 0 Å². The molecule has 0 spiro atoms. The number of carbonyl (C=O) groups excluding carboxylic acids is 1. The molecule has 0 amide bonds. The van der Waals surface area contributed by atoms with Gasteiger partial charge in [-0.05, 0) is 112 Å². The van der Waals surface area contributed by atoms with Crippen LogP contribution < -0.4 is 0 Å². The van der Waals surface area contributed by atoms with Crippen LogP contribution in [-0.2, 0) is 25.2 Å². The molecule has 0 radical (unpaired) electrons. The summed E-state index contributed by atoms with van der Waals surface area (Å²) in [6.07, 6.45) is 19.8. The summed E-state index contributed by atoms with van der Waals surface area (Å²) >= 11 is 0. The van der Waals surface area contributed by atoms with Crippen LogP contribution in [0.25, 0.3) is 0 Å². The van der Waals surface area contributed by atoms with Crippen LogP contribution in [0.3, 0.4) is 0 Å². The number of hydrogen-bond donors (Lipinski definition) is 0. The quantitative estimate of drug-likeness (QED) is 0.283. The maximum atomic E-state index is 12.9. The lowest BCUT2D eigenvalue weighted by Gasteiger charge is -2.55. The van der Waals surface area contributed by atoms with E-state index < -0.39 is 0 Å². The van der Waals surface area contributed by atoms with Gasteiger partial charge < -0.3 is 9.47 Å². The van der Waals surface area contributed by atoms with E-state index in [-0.39, 0.29) is 35.0 Å². The Morgan fingerprint density at radius 3 is 2.33 bits per heavy atom. The molecule has 0 heterocycles. The molecule has 4 bridgehead atoms. The summed E-state index contributed by atoms with van der Waals surface area (Å²) in [7, 11) is -0.0840. The fraction of sp³-hybridized carbons (Fsp3) is 0.531. The minimum absolute atomic E-state index is 0.0280. The molecule has 0 aromatic heterocycles. The Kier molecular flexibility index (Phi) is 6.66. The van der Waals surface area contributed by atoms with Gasteiger partial charge in [-0.25, -0.2) is 4.79 Å². The Hall–Kier alpha value is -2.20. The maximum Gasteiger partial charge on any atom is 0.344 e. The van der Waals surface area contributed by atoms with Crippen molar-refractivity contribution in [3.63, 3.8) is 0 Å². The fourth-order valence-electron chi connectivity index (χ4n) is 7.85. The Balaban J connectivity index is 1.16. The Labute approximate surface area is 219 Å². The summed E-state index contributed by atoms with van der Waals surface area (Å²) < 4.78 is 12.4. The van der Waals surface area contributed by atoms with Crippen LogP contribution in [0.1, 0.15) is 71.6 Å². The molecule has 4 saturated carbocycles. The van der Waals surface area contributed by atoms with E-state index in [1.807, 2.05) is 0 Å². The molecule has 4 fully saturated rings. The van der Waals surface area contributed by atoms with Gasteiger partial charge in [-0.15, -0.1) is 0 Å². The molecular formula is C32H39O3S+. The van der Waals surface area contributed by atoms with E-state index in [0.29, 0.717) is 0 Å². The van der Waals surface area contributed by atoms with Gasteiger partial charge in [0.1, 0.15) is 16.3 Å². The minimum atomic E-state index is -0.199. The van der Waals surface area contributed by atoms with Crippen LogP contribution in [0.15, 0.2) is 80.7 Å². The molecule has 1 aromatic carbocycles. The van der Waals surface area contributed by atoms with E-state index in [1.54, 1.807) is 0 Å². The van der Waals surface area contributed by atoms with Crippen molar-refractivity contribution in [2.24, 2.45) is 23.7 Å². The molecule has 7 rings (SSSR count). The number of esters is 1. The predicted octanol–water partition coefficient (Wildman–Crippen LogP) is 7.62. The predicted molar refractivity (Wildman–Crippen MR) is 146 cm³/mol. The molecule has 0 saturated heterocycles. The first-order valence-electron chi connectivity index (χ1n) is 13.9. The van der Waals surface area contributed by atoms with Crippen LogP contribution in [0.4, 0.5) is 0 Å². The summed E-state index contributed by atoms with van der Waals surface area (Å²) in [5.41, 5.74) is 0.940. The molecule has 2 unspecified atom stereocenters. The van der Waals surface area contributed by atoms with E-state index in [4.69, 9.17) is 9.47 Å². The number of ether oxygens (including phenoxy) is 2. The van der Waals surface area contributed by atoms with Crippen LogP contribution in [0.5, 0.6) is 0 Å². The van der Waals surface area contributed by atoms with Crippen molar-refractivity contribution >= 4 is 16.9 Å². The highest BCUT2D eigenvalue weighted by Gasteiger charge is 2.53. The van der Waals surface area contributed by atoms with Gasteiger partial charge in [0.25, 0.3) is 0 Å². The summed E-state index contributed by atoms with van der Waals surface area (Å²) in [6, 6.07) is 10.9. The zero-order valence-electron chi connectivity index (χ0n) is 21.7. The van der Waals surface area contributed by atoms with Crippen molar-refractivity contribution in [1.29, 1.82) is 0 Å². The monoisotopic (exact) mass is 503 g/mol. The lowest BCUT2D eigenvalue weighted by Crippen LogP contribution is -2.53. The highest BCUT2D eigenvalue weighted by Crippen LogP contribution is 2.57. The van der Waals surface area contributed by atoms with Crippen LogP contribution in [-0.4, -0.2) is 18.2 Å². The first-order valence-corrected chi connectivity index (χ1v) is 15.1. The van der Waals surface area contributed by atoms with E-state index in [0.717, 1.165) is 67.6 Å².